The second-order valence-corrected chi connectivity index (χ2v) is 8.14. The summed E-state index contributed by atoms with van der Waals surface area (Å²) in [6, 6.07) is 0.334. The van der Waals surface area contributed by atoms with Gasteiger partial charge in [-0.05, 0) is 41.5 Å². The van der Waals surface area contributed by atoms with E-state index in [0.29, 0.717) is 30.8 Å². The molecule has 2 rings (SSSR count). The minimum absolute atomic E-state index is 0.116. The summed E-state index contributed by atoms with van der Waals surface area (Å²) in [4.78, 5) is 20.5. The molecule has 8 nitrogen and oxygen atoms in total. The summed E-state index contributed by atoms with van der Waals surface area (Å²) in [5.41, 5.74) is -0.523. The summed E-state index contributed by atoms with van der Waals surface area (Å²) in [6.45, 7) is 14.1. The molecule has 0 saturated carbocycles. The maximum Gasteiger partial charge on any atom is 0.410 e. The van der Waals surface area contributed by atoms with Crippen molar-refractivity contribution >= 4 is 6.09 Å². The third kappa shape index (κ3) is 5.67. The van der Waals surface area contributed by atoms with E-state index in [0.717, 1.165) is 13.1 Å². The number of rotatable bonds is 5. The van der Waals surface area contributed by atoms with E-state index in [-0.39, 0.29) is 18.2 Å². The van der Waals surface area contributed by atoms with Gasteiger partial charge in [-0.1, -0.05) is 5.16 Å². The number of nitrogens with zero attached hydrogens (tertiary/aromatic N) is 4. The molecule has 0 radical (unpaired) electrons. The highest BCUT2D eigenvalue weighted by atomic mass is 16.6. The van der Waals surface area contributed by atoms with Crippen molar-refractivity contribution in [3.8, 4) is 0 Å². The van der Waals surface area contributed by atoms with Crippen LogP contribution in [0, 0.1) is 0 Å². The Kier molecular flexibility index (Phi) is 6.63. The highest BCUT2D eigenvalue weighted by molar-refractivity contribution is 5.68. The zero-order valence-electron chi connectivity index (χ0n) is 17.0. The number of morpholine rings is 1. The molecule has 1 aliphatic heterocycles. The molecule has 1 aromatic rings. The van der Waals surface area contributed by atoms with Crippen LogP contribution in [0.1, 0.15) is 59.4 Å². The van der Waals surface area contributed by atoms with Gasteiger partial charge in [0, 0.05) is 38.6 Å². The van der Waals surface area contributed by atoms with Gasteiger partial charge in [0.15, 0.2) is 5.82 Å². The van der Waals surface area contributed by atoms with Crippen LogP contribution < -0.4 is 0 Å². The average Bonchev–Trinajstić information content (AvgIpc) is 3.01. The topological polar surface area (TPSA) is 80.9 Å². The molecule has 1 aromatic heterocycles. The van der Waals surface area contributed by atoms with E-state index < -0.39 is 5.60 Å². The lowest BCUT2D eigenvalue weighted by atomic mass is 10.2. The Bertz CT molecular complexity index is 596. The standard InChI is InChI=1S/C18H32N4O4/c1-12(2)22-8-9-24-14(11-22)16-19-15(20-26-16)10-13(3)21(7)17(23)25-18(4,5)6/h12-14H,8-11H2,1-7H3/t13-,14-/m0/s1. The first-order valence-electron chi connectivity index (χ1n) is 9.20. The summed E-state index contributed by atoms with van der Waals surface area (Å²) in [6.07, 6.45) is -0.0805. The molecule has 1 fully saturated rings. The fourth-order valence-electron chi connectivity index (χ4n) is 2.68. The largest absolute Gasteiger partial charge is 0.444 e. The van der Waals surface area contributed by atoms with Crippen LogP contribution >= 0.6 is 0 Å². The molecule has 0 aliphatic carbocycles. The number of hydrogen-bond donors (Lipinski definition) is 0. The van der Waals surface area contributed by atoms with Gasteiger partial charge < -0.3 is 18.9 Å². The molecule has 1 aliphatic rings. The molecule has 148 valence electrons. The molecular formula is C18H32N4O4. The molecule has 1 saturated heterocycles. The van der Waals surface area contributed by atoms with E-state index in [1.165, 1.54) is 0 Å². The Morgan fingerprint density at radius 2 is 2.08 bits per heavy atom. The van der Waals surface area contributed by atoms with Crippen LogP contribution in [0.4, 0.5) is 4.79 Å². The molecular weight excluding hydrogens is 336 g/mol. The van der Waals surface area contributed by atoms with E-state index in [1.54, 1.807) is 11.9 Å². The number of carbonyl (C=O) groups excluding carboxylic acids is 1. The smallest absolute Gasteiger partial charge is 0.410 e. The zero-order valence-corrected chi connectivity index (χ0v) is 17.0. The SMILES string of the molecule is CC(C)N1CCO[C@H](c2nc(C[C@H](C)N(C)C(=O)OC(C)(C)C)no2)C1. The van der Waals surface area contributed by atoms with Gasteiger partial charge in [-0.15, -0.1) is 0 Å². The molecule has 1 amide bonds. The Labute approximate surface area is 155 Å². The summed E-state index contributed by atoms with van der Waals surface area (Å²) in [5, 5.41) is 4.05. The molecule has 0 N–H and O–H groups in total. The summed E-state index contributed by atoms with van der Waals surface area (Å²) >= 11 is 0. The molecule has 0 bridgehead atoms. The van der Waals surface area contributed by atoms with Crippen molar-refractivity contribution in [1.82, 2.24) is 19.9 Å². The van der Waals surface area contributed by atoms with Crippen LogP contribution in [0.15, 0.2) is 4.52 Å². The second-order valence-electron chi connectivity index (χ2n) is 8.14. The summed E-state index contributed by atoms with van der Waals surface area (Å²) in [7, 11) is 1.71. The van der Waals surface area contributed by atoms with Gasteiger partial charge in [-0.25, -0.2) is 4.79 Å². The lowest BCUT2D eigenvalue weighted by Gasteiger charge is -2.33. The van der Waals surface area contributed by atoms with Gasteiger partial charge in [0.2, 0.25) is 0 Å². The van der Waals surface area contributed by atoms with E-state index in [9.17, 15) is 4.79 Å². The number of amides is 1. The maximum atomic E-state index is 12.2. The summed E-state index contributed by atoms with van der Waals surface area (Å²) < 4.78 is 16.6. The van der Waals surface area contributed by atoms with Gasteiger partial charge in [0.05, 0.1) is 6.61 Å². The predicted octanol–water partition coefficient (Wildman–Crippen LogP) is 2.65. The van der Waals surface area contributed by atoms with E-state index >= 15 is 0 Å². The fraction of sp³-hybridized carbons (Fsp3) is 0.833. The van der Waals surface area contributed by atoms with Gasteiger partial charge in [-0.2, -0.15) is 4.98 Å². The van der Waals surface area contributed by atoms with E-state index in [1.807, 2.05) is 27.7 Å². The van der Waals surface area contributed by atoms with Gasteiger partial charge >= 0.3 is 6.09 Å². The van der Waals surface area contributed by atoms with Crippen molar-refractivity contribution < 1.29 is 18.8 Å². The van der Waals surface area contributed by atoms with Gasteiger partial charge in [0.25, 0.3) is 5.89 Å². The maximum absolute atomic E-state index is 12.2. The molecule has 2 atom stereocenters. The van der Waals surface area contributed by atoms with Crippen molar-refractivity contribution in [3.63, 3.8) is 0 Å². The minimum atomic E-state index is -0.523. The van der Waals surface area contributed by atoms with Crippen LogP contribution in [0.25, 0.3) is 0 Å². The lowest BCUT2D eigenvalue weighted by molar-refractivity contribution is -0.0539. The second kappa shape index (κ2) is 8.35. The van der Waals surface area contributed by atoms with Crippen LogP contribution in [0.3, 0.4) is 0 Å². The molecule has 2 heterocycles. The third-order valence-corrected chi connectivity index (χ3v) is 4.41. The Hall–Kier alpha value is -1.67. The van der Waals surface area contributed by atoms with Gasteiger partial charge in [-0.3, -0.25) is 4.90 Å². The first kappa shape index (κ1) is 20.6. The van der Waals surface area contributed by atoms with Crippen molar-refractivity contribution in [2.75, 3.05) is 26.7 Å². The Morgan fingerprint density at radius 1 is 1.38 bits per heavy atom. The zero-order chi connectivity index (χ0) is 19.5. The number of carbonyl (C=O) groups is 1. The van der Waals surface area contributed by atoms with Crippen molar-refractivity contribution in [2.24, 2.45) is 0 Å². The number of likely N-dealkylation sites (N-methyl/N-ethyl adjacent to an activating group) is 1. The molecule has 0 unspecified atom stereocenters. The monoisotopic (exact) mass is 368 g/mol. The average molecular weight is 368 g/mol. The predicted molar refractivity (Wildman–Crippen MR) is 96.9 cm³/mol. The lowest BCUT2D eigenvalue weighted by Crippen LogP contribution is -2.42. The number of hydrogen-bond acceptors (Lipinski definition) is 7. The van der Waals surface area contributed by atoms with Crippen LogP contribution in [0.5, 0.6) is 0 Å². The fourth-order valence-corrected chi connectivity index (χ4v) is 2.68. The number of ether oxygens (including phenoxy) is 2. The third-order valence-electron chi connectivity index (χ3n) is 4.41. The Morgan fingerprint density at radius 3 is 2.69 bits per heavy atom. The normalized spacial score (nSPS) is 20.2. The van der Waals surface area contributed by atoms with Crippen molar-refractivity contribution in [3.05, 3.63) is 11.7 Å². The van der Waals surface area contributed by atoms with Crippen LogP contribution in [-0.2, 0) is 15.9 Å². The van der Waals surface area contributed by atoms with E-state index in [2.05, 4.69) is 28.9 Å². The van der Waals surface area contributed by atoms with Crippen LogP contribution in [-0.4, -0.2) is 70.5 Å². The molecule has 0 spiro atoms. The number of aromatic nitrogens is 2. The summed E-state index contributed by atoms with van der Waals surface area (Å²) in [5.74, 6) is 1.06. The van der Waals surface area contributed by atoms with Gasteiger partial charge in [0.1, 0.15) is 11.7 Å². The Balaban J connectivity index is 1.94. The van der Waals surface area contributed by atoms with Crippen LogP contribution in [0.2, 0.25) is 0 Å². The van der Waals surface area contributed by atoms with Crippen molar-refractivity contribution in [1.29, 1.82) is 0 Å². The minimum Gasteiger partial charge on any atom is -0.444 e. The highest BCUT2D eigenvalue weighted by Crippen LogP contribution is 2.22. The highest BCUT2D eigenvalue weighted by Gasteiger charge is 2.29. The molecule has 26 heavy (non-hydrogen) atoms. The quantitative estimate of drug-likeness (QED) is 0.790. The van der Waals surface area contributed by atoms with Crippen molar-refractivity contribution in [2.45, 2.75) is 71.8 Å². The first-order valence-corrected chi connectivity index (χ1v) is 9.20. The van der Waals surface area contributed by atoms with E-state index in [4.69, 9.17) is 14.0 Å². The molecule has 8 heteroatoms. The molecule has 0 aromatic carbocycles. The first-order chi connectivity index (χ1) is 12.1.